The Morgan fingerprint density at radius 1 is 1.25 bits per heavy atom. The molecular formula is C21H24ClN3O7. The number of amides is 3. The highest BCUT2D eigenvalue weighted by atomic mass is 35.5. The molecule has 1 heterocycles. The van der Waals surface area contributed by atoms with Crippen LogP contribution in [0.15, 0.2) is 18.2 Å². The van der Waals surface area contributed by atoms with E-state index >= 15 is 0 Å². The summed E-state index contributed by atoms with van der Waals surface area (Å²) in [5, 5.41) is 13.8. The summed E-state index contributed by atoms with van der Waals surface area (Å²) in [4.78, 5) is 60.8. The highest BCUT2D eigenvalue weighted by Crippen LogP contribution is 2.33. The van der Waals surface area contributed by atoms with E-state index < -0.39 is 42.2 Å². The molecule has 0 aromatic heterocycles. The van der Waals surface area contributed by atoms with E-state index in [1.54, 1.807) is 12.1 Å². The van der Waals surface area contributed by atoms with E-state index in [2.05, 4.69) is 10.6 Å². The maximum atomic E-state index is 12.6. The van der Waals surface area contributed by atoms with E-state index in [9.17, 15) is 24.0 Å². The maximum absolute atomic E-state index is 12.6. The first-order valence-corrected chi connectivity index (χ1v) is 10.7. The Morgan fingerprint density at radius 3 is 2.66 bits per heavy atom. The van der Waals surface area contributed by atoms with Crippen LogP contribution in [0.3, 0.4) is 0 Å². The van der Waals surface area contributed by atoms with E-state index in [1.807, 2.05) is 0 Å². The van der Waals surface area contributed by atoms with Crippen LogP contribution in [0, 0.1) is 0 Å². The number of nitrogens with zero attached hydrogens (tertiary/aromatic N) is 1. The Kier molecular flexibility index (Phi) is 7.68. The van der Waals surface area contributed by atoms with Gasteiger partial charge in [0.15, 0.2) is 0 Å². The number of halogens is 1. The second kappa shape index (κ2) is 10.4. The number of aldehydes is 1. The molecule has 0 unspecified atom stereocenters. The van der Waals surface area contributed by atoms with Crippen molar-refractivity contribution in [2.75, 3.05) is 13.1 Å². The van der Waals surface area contributed by atoms with Crippen molar-refractivity contribution >= 4 is 41.6 Å². The van der Waals surface area contributed by atoms with Crippen LogP contribution in [0.1, 0.15) is 42.5 Å². The van der Waals surface area contributed by atoms with Crippen LogP contribution in [0.4, 0.5) is 0 Å². The standard InChI is InChI=1S/C21H24ClN3O7/c22-19-14(3-1-5-16(19)32-13-6-7-13)20(30)23-10-17(27)25-8-2-4-15(25)21(31)24-12(11-26)9-18(28)29/h1,3,5,11-13,15H,2,4,6-10H2,(H,23,30)(H,24,31)(H,28,29)/t12-,15-/m0/s1. The van der Waals surface area contributed by atoms with Crippen molar-refractivity contribution in [3.63, 3.8) is 0 Å². The molecule has 1 aliphatic heterocycles. The summed E-state index contributed by atoms with van der Waals surface area (Å²) in [6.07, 6.45) is 2.73. The minimum Gasteiger partial charge on any atom is -0.489 e. The average molecular weight is 466 g/mol. The quantitative estimate of drug-likeness (QED) is 0.433. The van der Waals surface area contributed by atoms with Crippen molar-refractivity contribution in [3.05, 3.63) is 28.8 Å². The first kappa shape index (κ1) is 23.5. The molecule has 1 saturated heterocycles. The number of hydrogen-bond acceptors (Lipinski definition) is 6. The first-order chi connectivity index (χ1) is 15.3. The second-order valence-corrected chi connectivity index (χ2v) is 8.09. The number of benzene rings is 1. The fourth-order valence-corrected chi connectivity index (χ4v) is 3.69. The molecule has 0 bridgehead atoms. The molecule has 2 atom stereocenters. The van der Waals surface area contributed by atoms with E-state index in [1.165, 1.54) is 11.0 Å². The monoisotopic (exact) mass is 465 g/mol. The average Bonchev–Trinajstić information content (AvgIpc) is 3.43. The molecule has 32 heavy (non-hydrogen) atoms. The zero-order valence-corrected chi connectivity index (χ0v) is 18.0. The lowest BCUT2D eigenvalue weighted by molar-refractivity contribution is -0.140. The topological polar surface area (TPSA) is 142 Å². The van der Waals surface area contributed by atoms with E-state index in [0.29, 0.717) is 31.4 Å². The Morgan fingerprint density at radius 2 is 2.00 bits per heavy atom. The highest BCUT2D eigenvalue weighted by molar-refractivity contribution is 6.35. The van der Waals surface area contributed by atoms with Gasteiger partial charge >= 0.3 is 5.97 Å². The smallest absolute Gasteiger partial charge is 0.305 e. The first-order valence-electron chi connectivity index (χ1n) is 10.3. The molecule has 10 nitrogen and oxygen atoms in total. The van der Waals surface area contributed by atoms with Gasteiger partial charge in [-0.3, -0.25) is 19.2 Å². The molecule has 1 saturated carbocycles. The van der Waals surface area contributed by atoms with Gasteiger partial charge in [-0.2, -0.15) is 0 Å². The number of rotatable bonds is 10. The van der Waals surface area contributed by atoms with E-state index in [0.717, 1.165) is 12.8 Å². The lowest BCUT2D eigenvalue weighted by Crippen LogP contribution is -2.51. The number of hydrogen-bond donors (Lipinski definition) is 3. The van der Waals surface area contributed by atoms with Crippen LogP contribution in [0.2, 0.25) is 5.02 Å². The van der Waals surface area contributed by atoms with Gasteiger partial charge in [0, 0.05) is 6.54 Å². The number of likely N-dealkylation sites (tertiary alicyclic amines) is 1. The van der Waals surface area contributed by atoms with Crippen LogP contribution >= 0.6 is 11.6 Å². The Bertz CT molecular complexity index is 919. The number of carbonyl (C=O) groups excluding carboxylic acids is 4. The van der Waals surface area contributed by atoms with Crippen molar-refractivity contribution in [2.45, 2.75) is 50.3 Å². The fraction of sp³-hybridized carbons (Fsp3) is 0.476. The Labute approximate surface area is 189 Å². The summed E-state index contributed by atoms with van der Waals surface area (Å²) < 4.78 is 5.67. The number of ether oxygens (including phenoxy) is 1. The van der Waals surface area contributed by atoms with Crippen molar-refractivity contribution < 1.29 is 33.8 Å². The molecule has 0 spiro atoms. The molecule has 2 fully saturated rings. The maximum Gasteiger partial charge on any atom is 0.305 e. The van der Waals surface area contributed by atoms with Crippen LogP contribution in [-0.4, -0.2) is 71.3 Å². The second-order valence-electron chi connectivity index (χ2n) is 7.71. The summed E-state index contributed by atoms with van der Waals surface area (Å²) >= 11 is 6.28. The van der Waals surface area contributed by atoms with Gasteiger partial charge in [-0.15, -0.1) is 0 Å². The summed E-state index contributed by atoms with van der Waals surface area (Å²) in [5.74, 6) is -2.44. The lowest BCUT2D eigenvalue weighted by Gasteiger charge is -2.25. The van der Waals surface area contributed by atoms with Gasteiger partial charge in [-0.05, 0) is 37.8 Å². The number of nitrogens with one attached hydrogen (secondary N) is 2. The predicted octanol–water partition coefficient (Wildman–Crippen LogP) is 0.760. The van der Waals surface area contributed by atoms with Crippen molar-refractivity contribution in [2.24, 2.45) is 0 Å². The van der Waals surface area contributed by atoms with Gasteiger partial charge in [0.05, 0.1) is 35.7 Å². The van der Waals surface area contributed by atoms with Crippen molar-refractivity contribution in [1.29, 1.82) is 0 Å². The largest absolute Gasteiger partial charge is 0.489 e. The number of carboxylic acid groups (broad SMARTS) is 1. The molecule has 3 N–H and O–H groups in total. The molecule has 0 radical (unpaired) electrons. The van der Waals surface area contributed by atoms with Gasteiger partial charge in [-0.1, -0.05) is 17.7 Å². The minimum absolute atomic E-state index is 0.111. The van der Waals surface area contributed by atoms with Crippen LogP contribution in [0.25, 0.3) is 0 Å². The summed E-state index contributed by atoms with van der Waals surface area (Å²) in [7, 11) is 0. The molecular weight excluding hydrogens is 442 g/mol. The molecule has 1 aromatic carbocycles. The van der Waals surface area contributed by atoms with E-state index in [-0.39, 0.29) is 23.2 Å². The van der Waals surface area contributed by atoms with Gasteiger partial charge < -0.3 is 30.2 Å². The van der Waals surface area contributed by atoms with Crippen LogP contribution in [0.5, 0.6) is 5.75 Å². The third-order valence-corrected chi connectivity index (χ3v) is 5.58. The molecule has 172 valence electrons. The van der Waals surface area contributed by atoms with Crippen LogP contribution < -0.4 is 15.4 Å². The van der Waals surface area contributed by atoms with Crippen molar-refractivity contribution in [3.8, 4) is 5.75 Å². The molecule has 11 heteroatoms. The number of carbonyl (C=O) groups is 5. The minimum atomic E-state index is -1.23. The van der Waals surface area contributed by atoms with Gasteiger partial charge in [0.1, 0.15) is 18.1 Å². The predicted molar refractivity (Wildman–Crippen MR) is 112 cm³/mol. The molecule has 3 amide bonds. The SMILES string of the molecule is O=C[C@H](CC(=O)O)NC(=O)[C@@H]1CCCN1C(=O)CNC(=O)c1cccc(OC2CC2)c1Cl. The fourth-order valence-electron chi connectivity index (χ4n) is 3.43. The summed E-state index contributed by atoms with van der Waals surface area (Å²) in [6.45, 7) is -0.0398. The van der Waals surface area contributed by atoms with E-state index in [4.69, 9.17) is 21.4 Å². The zero-order valence-electron chi connectivity index (χ0n) is 17.2. The summed E-state index contributed by atoms with van der Waals surface area (Å²) in [6, 6.07) is 2.82. The molecule has 1 aromatic rings. The molecule has 2 aliphatic rings. The normalized spacial score (nSPS) is 18.5. The summed E-state index contributed by atoms with van der Waals surface area (Å²) in [5.41, 5.74) is 0.177. The molecule has 3 rings (SSSR count). The number of carboxylic acids is 1. The van der Waals surface area contributed by atoms with Crippen molar-refractivity contribution in [1.82, 2.24) is 15.5 Å². The van der Waals surface area contributed by atoms with Gasteiger partial charge in [-0.25, -0.2) is 0 Å². The zero-order chi connectivity index (χ0) is 23.3. The lowest BCUT2D eigenvalue weighted by atomic mass is 10.1. The molecule has 1 aliphatic carbocycles. The van der Waals surface area contributed by atoms with Gasteiger partial charge in [0.2, 0.25) is 11.8 Å². The third-order valence-electron chi connectivity index (χ3n) is 5.19. The van der Waals surface area contributed by atoms with Gasteiger partial charge in [0.25, 0.3) is 5.91 Å². The Hall–Kier alpha value is -3.14. The Balaban J connectivity index is 1.56. The van der Waals surface area contributed by atoms with Crippen LogP contribution in [-0.2, 0) is 19.2 Å². The third kappa shape index (κ3) is 5.97. The highest BCUT2D eigenvalue weighted by Gasteiger charge is 2.35. The number of aliphatic carboxylic acids is 1.